The molecular weight excluding hydrogens is 1090 g/mol. The predicted octanol–water partition coefficient (Wildman–Crippen LogP) is 12.7. The van der Waals surface area contributed by atoms with E-state index in [1.54, 1.807) is 53.2 Å². The largest absolute Gasteiger partial charge is 0.481 e. The van der Waals surface area contributed by atoms with Gasteiger partial charge in [0.25, 0.3) is 0 Å². The minimum atomic E-state index is -6.13. The Morgan fingerprint density at radius 2 is 0.618 bits per heavy atom. The van der Waals surface area contributed by atoms with Gasteiger partial charge in [0.15, 0.2) is 11.9 Å². The van der Waals surface area contributed by atoms with Crippen LogP contribution in [0.3, 0.4) is 0 Å². The Morgan fingerprint density at radius 1 is 0.368 bits per heavy atom. The van der Waals surface area contributed by atoms with Crippen molar-refractivity contribution in [1.29, 1.82) is 0 Å². The third kappa shape index (κ3) is 14.0. The molecule has 5 aromatic carbocycles. The molecule has 4 nitrogen and oxygen atoms in total. The van der Waals surface area contributed by atoms with Gasteiger partial charge in [-0.15, -0.1) is 0 Å². The zero-order valence-electron chi connectivity index (χ0n) is 36.9. The number of hydrogen-bond acceptors (Lipinski definition) is 2. The normalized spacial score (nSPS) is 13.3. The fraction of sp³-hybridized carbons (Fsp3) is 0.213. The van der Waals surface area contributed by atoms with Crippen molar-refractivity contribution in [2.45, 2.75) is 62.4 Å². The number of pyridine rings is 1. The Labute approximate surface area is 409 Å². The number of halogens is 24. The summed E-state index contributed by atoms with van der Waals surface area (Å²) in [5.74, 6) is -0.949. The van der Waals surface area contributed by atoms with Gasteiger partial charge < -0.3 is 5.11 Å². The van der Waals surface area contributed by atoms with Gasteiger partial charge in [-0.1, -0.05) is 84.9 Å². The zero-order valence-corrected chi connectivity index (χ0v) is 36.9. The van der Waals surface area contributed by atoms with Crippen LogP contribution in [0.25, 0.3) is 0 Å². The molecule has 0 bridgehead atoms. The van der Waals surface area contributed by atoms with Gasteiger partial charge in [-0.05, 0) is 24.3 Å². The lowest BCUT2D eigenvalue weighted by molar-refractivity contribution is -0.690. The molecule has 29 heteroatoms. The van der Waals surface area contributed by atoms with Crippen LogP contribution >= 0.6 is 0 Å². The molecule has 0 saturated carbocycles. The van der Waals surface area contributed by atoms with Crippen LogP contribution < -0.4 is 26.4 Å². The second kappa shape index (κ2) is 20.7. The number of carboxylic acids is 1. The molecule has 0 aliphatic rings. The van der Waals surface area contributed by atoms with Gasteiger partial charge in [-0.2, -0.15) is 132 Å². The van der Waals surface area contributed by atoms with Crippen LogP contribution in [0.1, 0.15) is 60.6 Å². The van der Waals surface area contributed by atoms with Crippen LogP contribution in [0.2, 0.25) is 0 Å². The number of aliphatic carboxylic acids is 1. The molecule has 0 amide bonds. The van der Waals surface area contributed by atoms with Gasteiger partial charge in [-0.3, -0.25) is 9.59 Å². The van der Waals surface area contributed by atoms with Crippen molar-refractivity contribution in [2.24, 2.45) is 0 Å². The minimum Gasteiger partial charge on any atom is -0.481 e. The molecule has 408 valence electrons. The molecule has 1 heterocycles. The van der Waals surface area contributed by atoms with Gasteiger partial charge in [-0.25, -0.2) is 0 Å². The summed E-state index contributed by atoms with van der Waals surface area (Å²) in [6.07, 6.45) is -53.2. The molecule has 0 fully saturated rings. The Bertz CT molecular complexity index is 2650. The van der Waals surface area contributed by atoms with E-state index in [1.165, 1.54) is 0 Å². The van der Waals surface area contributed by atoms with E-state index < -0.39 is 201 Å². The molecule has 76 heavy (non-hydrogen) atoms. The first-order valence-electron chi connectivity index (χ1n) is 20.6. The first-order valence-corrected chi connectivity index (χ1v) is 20.6. The number of aromatic nitrogens is 1. The Balaban J connectivity index is 0.000000468. The molecule has 1 aromatic heterocycles. The number of nitrogens with zero attached hydrogens (tertiary/aromatic N) is 1. The van der Waals surface area contributed by atoms with E-state index in [4.69, 9.17) is 5.11 Å². The van der Waals surface area contributed by atoms with Crippen LogP contribution in [0.5, 0.6) is 0 Å². The van der Waals surface area contributed by atoms with Crippen LogP contribution in [0.4, 0.5) is 105 Å². The predicted molar refractivity (Wildman–Crippen MR) is 219 cm³/mol. The fourth-order valence-electron chi connectivity index (χ4n) is 7.92. The maximum atomic E-state index is 14.2. The molecule has 0 spiro atoms. The van der Waals surface area contributed by atoms with Crippen molar-refractivity contribution >= 4 is 39.7 Å². The van der Waals surface area contributed by atoms with E-state index in [9.17, 15) is 115 Å². The van der Waals surface area contributed by atoms with Crippen LogP contribution in [-0.2, 0) is 67.2 Å². The summed E-state index contributed by atoms with van der Waals surface area (Å²) in [4.78, 5) is 22.9. The Kier molecular flexibility index (Phi) is 16.3. The van der Waals surface area contributed by atoms with Crippen molar-refractivity contribution in [3.8, 4) is 0 Å². The highest BCUT2D eigenvalue weighted by molar-refractivity contribution is 7.20. The summed E-state index contributed by atoms with van der Waals surface area (Å²) in [6, 6.07) is 5.42. The van der Waals surface area contributed by atoms with Gasteiger partial charge in [0.1, 0.15) is 12.6 Å². The van der Waals surface area contributed by atoms with Crippen molar-refractivity contribution in [3.05, 3.63) is 183 Å². The van der Waals surface area contributed by atoms with Gasteiger partial charge >= 0.3 is 55.4 Å². The average molecular weight is 1120 g/mol. The van der Waals surface area contributed by atoms with Gasteiger partial charge in [0.2, 0.25) is 12.3 Å². The van der Waals surface area contributed by atoms with E-state index in [-0.39, 0.29) is 18.7 Å². The highest BCUT2D eigenvalue weighted by Crippen LogP contribution is 2.41. The maximum absolute atomic E-state index is 14.2. The Hall–Kier alpha value is -7.23. The SMILES string of the molecule is FC(F)(F)c1cc([B-](c2cc(C(F)(F)F)cc(C(F)(F)F)c2)(c2cc(C(F)(F)F)cc(C(F)(F)F)c2)c2cc(C(F)(F)F)cc(C(F)(F)F)c2)cc(C(F)(F)F)c1.O=C(O)Cc1cccc[n+]1CC(=O)c1ccccc1. The second-order valence-electron chi connectivity index (χ2n) is 16.4. The molecule has 0 atom stereocenters. The number of benzene rings is 5. The van der Waals surface area contributed by atoms with Crippen molar-refractivity contribution in [2.75, 3.05) is 0 Å². The first kappa shape index (κ1) is 59.6. The van der Waals surface area contributed by atoms with E-state index in [2.05, 4.69) is 0 Å². The molecule has 0 aliphatic heterocycles. The maximum Gasteiger partial charge on any atom is 0.416 e. The summed E-state index contributed by atoms with van der Waals surface area (Å²) in [5.41, 5.74) is -29.0. The third-order valence-corrected chi connectivity index (χ3v) is 11.2. The van der Waals surface area contributed by atoms with Crippen LogP contribution in [0, 0.1) is 0 Å². The second-order valence-corrected chi connectivity index (χ2v) is 16.4. The number of alkyl halides is 24. The summed E-state index contributed by atoms with van der Waals surface area (Å²) in [5, 5.41) is 8.84. The van der Waals surface area contributed by atoms with Gasteiger partial charge in [0.05, 0.1) is 44.5 Å². The molecule has 0 radical (unpaired) electrons. The number of Topliss-reactive ketones (excluding diaryl/α,β-unsaturated/α-hetero) is 1. The summed E-state index contributed by atoms with van der Waals surface area (Å²) >= 11 is 0. The zero-order chi connectivity index (χ0) is 57.6. The van der Waals surface area contributed by atoms with Crippen LogP contribution in [-0.4, -0.2) is 23.0 Å². The summed E-state index contributed by atoms with van der Waals surface area (Å²) in [7, 11) is 0. The number of carbonyl (C=O) groups excluding carboxylic acids is 1. The lowest BCUT2D eigenvalue weighted by Crippen LogP contribution is -2.75. The number of hydrogen-bond donors (Lipinski definition) is 1. The van der Waals surface area contributed by atoms with E-state index in [0.717, 1.165) is 0 Å². The number of carbonyl (C=O) groups is 2. The smallest absolute Gasteiger partial charge is 0.416 e. The van der Waals surface area contributed by atoms with E-state index in [0.29, 0.717) is 11.3 Å². The molecule has 6 rings (SSSR count). The fourth-order valence-corrected chi connectivity index (χ4v) is 7.92. The van der Waals surface area contributed by atoms with Crippen LogP contribution in [0.15, 0.2) is 128 Å². The lowest BCUT2D eigenvalue weighted by atomic mass is 9.12. The minimum absolute atomic E-state index is 0.0385. The van der Waals surface area contributed by atoms with Crippen molar-refractivity contribution < 1.29 is 125 Å². The molecule has 6 aromatic rings. The topological polar surface area (TPSA) is 58.2 Å². The Morgan fingerprint density at radius 3 is 0.855 bits per heavy atom. The average Bonchev–Trinajstić information content (AvgIpc) is 3.27. The lowest BCUT2D eigenvalue weighted by Gasteiger charge is -2.46. The summed E-state index contributed by atoms with van der Waals surface area (Å²) in [6.45, 7) is 0.146. The molecule has 1 N–H and O–H groups in total. The highest BCUT2D eigenvalue weighted by atomic mass is 19.4. The first-order chi connectivity index (χ1) is 34.4. The molecular formula is C47H26BF24NO3. The number of rotatable bonds is 9. The van der Waals surface area contributed by atoms with Crippen molar-refractivity contribution in [1.82, 2.24) is 0 Å². The van der Waals surface area contributed by atoms with Crippen molar-refractivity contribution in [3.63, 3.8) is 0 Å². The quantitative estimate of drug-likeness (QED) is 0.0679. The van der Waals surface area contributed by atoms with E-state index in [1.807, 2.05) is 6.07 Å². The summed E-state index contributed by atoms with van der Waals surface area (Å²) < 4.78 is 342. The molecule has 0 unspecified atom stereocenters. The third-order valence-electron chi connectivity index (χ3n) is 11.2. The highest BCUT2D eigenvalue weighted by Gasteiger charge is 2.47. The monoisotopic (exact) mass is 1120 g/mol. The van der Waals surface area contributed by atoms with E-state index >= 15 is 0 Å². The number of ketones is 1. The standard InChI is InChI=1S/C32H12BF24.C15H13NO3/c34-25(35,36)13-1-14(26(37,38)39)6-21(5-13)33(22-7-15(27(40,41)42)2-16(8-22)28(43,44)45,23-9-17(29(46,47)48)3-18(10-23)30(49,50)51)24-11-19(31(52,53)54)4-20(12-24)32(55,56)57;17-14(12-6-2-1-3-7-12)11-16-9-5-4-8-13(16)10-15(18)19/h1-12H;1-9H,10-11H2/q-1;/p+1. The molecule has 0 saturated heterocycles. The molecule has 0 aliphatic carbocycles. The van der Waals surface area contributed by atoms with Gasteiger partial charge in [0, 0.05) is 17.7 Å². The number of carboxylic acid groups (broad SMARTS) is 1.